The number of anilines is 1. The third-order valence-corrected chi connectivity index (χ3v) is 11.7. The van der Waals surface area contributed by atoms with E-state index in [2.05, 4.69) is 192 Å². The molecule has 7 rings (SSSR count). The van der Waals surface area contributed by atoms with Crippen LogP contribution < -0.4 is 4.90 Å². The minimum absolute atomic E-state index is 0.000790. The molecule has 0 fully saturated rings. The molecule has 0 aliphatic rings. The summed E-state index contributed by atoms with van der Waals surface area (Å²) in [5.41, 5.74) is 11.1. The van der Waals surface area contributed by atoms with E-state index in [1.165, 1.54) is 50.4 Å². The van der Waals surface area contributed by atoms with Gasteiger partial charge in [0.15, 0.2) is 0 Å². The minimum atomic E-state index is -0.735. The van der Waals surface area contributed by atoms with Gasteiger partial charge in [-0.2, -0.15) is 0 Å². The van der Waals surface area contributed by atoms with E-state index >= 15 is 0 Å². The number of fused-ring (bicyclic) bond motifs is 1. The Morgan fingerprint density at radius 1 is 0.592 bits per heavy atom. The van der Waals surface area contributed by atoms with Crippen LogP contribution in [-0.4, -0.2) is 22.1 Å². The van der Waals surface area contributed by atoms with Gasteiger partial charge < -0.3 is 0 Å². The van der Waals surface area contributed by atoms with Crippen LogP contribution in [0.1, 0.15) is 64.6 Å². The third-order valence-electron chi connectivity index (χ3n) is 9.45. The fraction of sp³-hybridized carbons (Fsp3) is 0.159. The molecule has 5 heteroatoms. The molecule has 0 saturated carbocycles. The van der Waals surface area contributed by atoms with E-state index in [0.717, 1.165) is 22.2 Å². The van der Waals surface area contributed by atoms with Crippen molar-refractivity contribution in [3.8, 4) is 5.69 Å². The van der Waals surface area contributed by atoms with Crippen molar-refractivity contribution in [3.63, 3.8) is 0 Å². The molecular formula is C44H41AuClN3. The van der Waals surface area contributed by atoms with E-state index in [4.69, 9.17) is 9.19 Å². The number of hydrogen-bond acceptors (Lipinski definition) is 1. The van der Waals surface area contributed by atoms with Crippen LogP contribution >= 0.6 is 9.19 Å². The maximum atomic E-state index is 7.17. The van der Waals surface area contributed by atoms with Gasteiger partial charge in [0.2, 0.25) is 0 Å². The molecule has 0 amide bonds. The first kappa shape index (κ1) is 33.1. The number of aromatic nitrogens is 2. The summed E-state index contributed by atoms with van der Waals surface area (Å²) in [5.74, 6) is 1.18. The summed E-state index contributed by atoms with van der Waals surface area (Å²) < 4.78 is 5.97. The fourth-order valence-corrected chi connectivity index (χ4v) is 9.48. The molecule has 7 aromatic rings. The first-order valence-corrected chi connectivity index (χ1v) is 20.7. The van der Waals surface area contributed by atoms with Gasteiger partial charge in [0.05, 0.1) is 0 Å². The first-order valence-electron chi connectivity index (χ1n) is 17.0. The van der Waals surface area contributed by atoms with Gasteiger partial charge in [-0.1, -0.05) is 0 Å². The van der Waals surface area contributed by atoms with E-state index in [-0.39, 0.29) is 11.8 Å². The normalized spacial score (nSPS) is 12.2. The number of imidazole rings is 1. The van der Waals surface area contributed by atoms with Crippen molar-refractivity contribution in [1.82, 2.24) is 8.97 Å². The van der Waals surface area contributed by atoms with Gasteiger partial charge in [-0.25, -0.2) is 0 Å². The fourth-order valence-electron chi connectivity index (χ4n) is 7.32. The van der Waals surface area contributed by atoms with Crippen molar-refractivity contribution < 1.29 is 18.2 Å². The zero-order chi connectivity index (χ0) is 33.7. The predicted octanol–water partition coefficient (Wildman–Crippen LogP) is 11.0. The monoisotopic (exact) mass is 843 g/mol. The molecule has 0 aliphatic carbocycles. The molecular weight excluding hydrogens is 803 g/mol. The molecule has 0 radical (unpaired) electrons. The maximum absolute atomic E-state index is 7.17. The summed E-state index contributed by atoms with van der Waals surface area (Å²) in [7, 11) is 7.17. The Morgan fingerprint density at radius 3 is 1.41 bits per heavy atom. The molecule has 0 unspecified atom stereocenters. The Hall–Kier alpha value is -4.38. The Balaban J connectivity index is 1.65. The molecule has 0 bridgehead atoms. The second-order valence-corrected chi connectivity index (χ2v) is 14.7. The van der Waals surface area contributed by atoms with Crippen molar-refractivity contribution in [1.29, 1.82) is 0 Å². The number of nitrogens with zero attached hydrogens (tertiary/aromatic N) is 3. The molecule has 0 spiro atoms. The van der Waals surface area contributed by atoms with Gasteiger partial charge in [0.25, 0.3) is 0 Å². The van der Waals surface area contributed by atoms with E-state index < -0.39 is 18.2 Å². The van der Waals surface area contributed by atoms with Gasteiger partial charge in [-0.15, -0.1) is 0 Å². The van der Waals surface area contributed by atoms with Gasteiger partial charge >= 0.3 is 304 Å². The number of rotatable bonds is 10. The molecule has 2 aromatic heterocycles. The van der Waals surface area contributed by atoms with E-state index in [0.29, 0.717) is 0 Å². The average molecular weight is 844 g/mol. The van der Waals surface area contributed by atoms with Crippen LogP contribution in [0.25, 0.3) is 11.2 Å². The van der Waals surface area contributed by atoms with E-state index in [9.17, 15) is 0 Å². The number of halogens is 1. The molecule has 0 saturated heterocycles. The van der Waals surface area contributed by atoms with Crippen molar-refractivity contribution in [2.75, 3.05) is 18.0 Å². The number of benzene rings is 5. The third kappa shape index (κ3) is 6.52. The van der Waals surface area contributed by atoms with Crippen LogP contribution in [0.5, 0.6) is 0 Å². The van der Waals surface area contributed by atoms with E-state index in [1.807, 2.05) is 0 Å². The van der Waals surface area contributed by atoms with Crippen LogP contribution in [0, 0.1) is 10.6 Å². The zero-order valence-corrected chi connectivity index (χ0v) is 31.0. The summed E-state index contributed by atoms with van der Waals surface area (Å²) >= 11 is -0.735. The SMILES string of the molecule is CCN(CC)c1cccc2cn(-c3c(C(c4ccccc4)c4ccccc4)cc(C)cc3C(c3ccccc3)c3ccccc3)[c](=[Au][Cl])n12. The standard InChI is InChI=1S/C44H41N3.Au.ClH/c1-4-45(5-2)41-28-18-27-38-31-46(32-47(38)41)44-39(42(34-19-10-6-11-20-34)35-21-12-7-13-22-35)29-33(3)30-40(44)43(36-23-14-8-15-24-36)37-25-16-9-17-26-37;;/h6-31,42-43H,4-5H2,1-3H3;;1H/q;+1;/p-1. The van der Waals surface area contributed by atoms with Crippen molar-refractivity contribution >= 4 is 20.5 Å². The van der Waals surface area contributed by atoms with Crippen molar-refractivity contribution in [2.24, 2.45) is 0 Å². The van der Waals surface area contributed by atoms with Crippen LogP contribution in [0.4, 0.5) is 5.82 Å². The Kier molecular flexibility index (Phi) is 10.2. The average Bonchev–Trinajstić information content (AvgIpc) is 3.53. The summed E-state index contributed by atoms with van der Waals surface area (Å²) in [6.07, 6.45) is 2.32. The molecule has 0 atom stereocenters. The summed E-state index contributed by atoms with van der Waals surface area (Å²) in [4.78, 5) is 2.42. The molecule has 3 nitrogen and oxygen atoms in total. The second-order valence-electron chi connectivity index (χ2n) is 12.4. The predicted molar refractivity (Wildman–Crippen MR) is 202 cm³/mol. The topological polar surface area (TPSA) is 12.6 Å². The summed E-state index contributed by atoms with van der Waals surface area (Å²) in [6.45, 7) is 8.52. The van der Waals surface area contributed by atoms with Gasteiger partial charge in [-0.05, 0) is 0 Å². The Bertz CT molecular complexity index is 2040. The van der Waals surface area contributed by atoms with Crippen LogP contribution in [-0.2, 0) is 18.2 Å². The van der Waals surface area contributed by atoms with Crippen LogP contribution in [0.2, 0.25) is 0 Å². The van der Waals surface area contributed by atoms with E-state index in [1.54, 1.807) is 0 Å². The molecule has 0 aliphatic heterocycles. The van der Waals surface area contributed by atoms with Crippen molar-refractivity contribution in [2.45, 2.75) is 32.6 Å². The summed E-state index contributed by atoms with van der Waals surface area (Å²) in [6, 6.07) is 55.2. The number of aryl methyl sites for hydroxylation is 1. The molecule has 250 valence electrons. The number of pyridine rings is 1. The first-order chi connectivity index (χ1) is 24.1. The van der Waals surface area contributed by atoms with Crippen LogP contribution in [0.3, 0.4) is 0 Å². The molecule has 2 heterocycles. The van der Waals surface area contributed by atoms with Crippen molar-refractivity contribution in [3.05, 3.63) is 200 Å². The molecule has 0 N–H and O–H groups in total. The van der Waals surface area contributed by atoms with Gasteiger partial charge in [0.1, 0.15) is 0 Å². The van der Waals surface area contributed by atoms with Gasteiger partial charge in [-0.3, -0.25) is 0 Å². The molecule has 49 heavy (non-hydrogen) atoms. The Morgan fingerprint density at radius 2 is 1.02 bits per heavy atom. The van der Waals surface area contributed by atoms with Crippen LogP contribution in [0.15, 0.2) is 158 Å². The quantitative estimate of drug-likeness (QED) is 0.0987. The second kappa shape index (κ2) is 15.0. The summed E-state index contributed by atoms with van der Waals surface area (Å²) in [5, 5.41) is 0. The molecule has 5 aromatic carbocycles. The zero-order valence-electron chi connectivity index (χ0n) is 28.1. The Labute approximate surface area is 302 Å². The number of hydrogen-bond donors (Lipinski definition) is 0. The van der Waals surface area contributed by atoms with Gasteiger partial charge in [0, 0.05) is 0 Å².